The zero-order valence-electron chi connectivity index (χ0n) is 12.6. The van der Waals surface area contributed by atoms with Gasteiger partial charge in [-0.25, -0.2) is 0 Å². The summed E-state index contributed by atoms with van der Waals surface area (Å²) in [4.78, 5) is 0. The quantitative estimate of drug-likeness (QED) is 0.781. The molecule has 3 nitrogen and oxygen atoms in total. The summed E-state index contributed by atoms with van der Waals surface area (Å²) in [5.74, 6) is 3.18. The SMILES string of the molecule is Cc1ccc2c(c1O)C1CCC3=CC4=C(CC3C1=C2)OCO4. The lowest BCUT2D eigenvalue weighted by atomic mass is 9.70. The van der Waals surface area contributed by atoms with Crippen LogP contribution in [-0.2, 0) is 9.47 Å². The largest absolute Gasteiger partial charge is 0.507 e. The van der Waals surface area contributed by atoms with Gasteiger partial charge in [-0.2, -0.15) is 0 Å². The third-order valence-electron chi connectivity index (χ3n) is 5.53. The Morgan fingerprint density at radius 1 is 1.14 bits per heavy atom. The van der Waals surface area contributed by atoms with Crippen LogP contribution in [0.1, 0.15) is 41.9 Å². The van der Waals surface area contributed by atoms with E-state index in [1.165, 1.54) is 16.7 Å². The molecule has 1 saturated carbocycles. The van der Waals surface area contributed by atoms with Crippen molar-refractivity contribution >= 4 is 6.08 Å². The van der Waals surface area contributed by atoms with Gasteiger partial charge in [0, 0.05) is 23.8 Å². The van der Waals surface area contributed by atoms with E-state index in [4.69, 9.17) is 9.47 Å². The molecular weight excluding hydrogens is 276 g/mol. The molecule has 1 aromatic carbocycles. The average molecular weight is 294 g/mol. The second-order valence-electron chi connectivity index (χ2n) is 6.64. The summed E-state index contributed by atoms with van der Waals surface area (Å²) in [6.07, 6.45) is 7.51. The lowest BCUT2D eigenvalue weighted by Gasteiger charge is -2.34. The van der Waals surface area contributed by atoms with E-state index in [0.29, 0.717) is 24.4 Å². The summed E-state index contributed by atoms with van der Waals surface area (Å²) in [5.41, 5.74) is 6.19. The van der Waals surface area contributed by atoms with E-state index >= 15 is 0 Å². The Hall–Kier alpha value is -2.16. The van der Waals surface area contributed by atoms with Crippen molar-refractivity contribution in [2.45, 2.75) is 32.1 Å². The standard InChI is InChI=1S/C19H18O3/c1-10-2-3-12-6-15-13(18(12)19(10)20)5-4-11-7-16-17(8-14(11)15)22-9-21-16/h2-3,6-7,13-14,20H,4-5,8-9H2,1H3. The molecule has 22 heavy (non-hydrogen) atoms. The van der Waals surface area contributed by atoms with Crippen molar-refractivity contribution in [1.29, 1.82) is 0 Å². The molecule has 0 radical (unpaired) electrons. The highest BCUT2D eigenvalue weighted by molar-refractivity contribution is 5.73. The Morgan fingerprint density at radius 3 is 2.95 bits per heavy atom. The van der Waals surface area contributed by atoms with E-state index in [1.54, 1.807) is 0 Å². The highest BCUT2D eigenvalue weighted by atomic mass is 16.7. The van der Waals surface area contributed by atoms with Crippen LogP contribution in [0.4, 0.5) is 0 Å². The molecule has 1 N–H and O–H groups in total. The van der Waals surface area contributed by atoms with Gasteiger partial charge >= 0.3 is 0 Å². The zero-order valence-corrected chi connectivity index (χ0v) is 12.6. The first-order chi connectivity index (χ1) is 10.7. The first kappa shape index (κ1) is 12.4. The highest BCUT2D eigenvalue weighted by Crippen LogP contribution is 2.55. The van der Waals surface area contributed by atoms with Crippen LogP contribution in [0.3, 0.4) is 0 Å². The third kappa shape index (κ3) is 1.51. The van der Waals surface area contributed by atoms with E-state index in [2.05, 4.69) is 18.2 Å². The molecule has 0 bridgehead atoms. The maximum atomic E-state index is 10.5. The van der Waals surface area contributed by atoms with Crippen molar-refractivity contribution in [2.75, 3.05) is 6.79 Å². The number of phenolic OH excluding ortho intramolecular Hbond substituents is 1. The Kier molecular flexibility index (Phi) is 2.36. The molecule has 3 heteroatoms. The van der Waals surface area contributed by atoms with E-state index < -0.39 is 0 Å². The number of aromatic hydroxyl groups is 1. The number of rotatable bonds is 0. The smallest absolute Gasteiger partial charge is 0.230 e. The molecule has 1 fully saturated rings. The lowest BCUT2D eigenvalue weighted by Crippen LogP contribution is -2.21. The van der Waals surface area contributed by atoms with Crippen molar-refractivity contribution in [2.24, 2.45) is 5.92 Å². The number of aryl methyl sites for hydroxylation is 1. The normalized spacial score (nSPS) is 27.9. The minimum absolute atomic E-state index is 0.351. The lowest BCUT2D eigenvalue weighted by molar-refractivity contribution is 0.0720. The zero-order chi connectivity index (χ0) is 14.8. The van der Waals surface area contributed by atoms with Crippen molar-refractivity contribution in [3.8, 4) is 5.75 Å². The van der Waals surface area contributed by atoms with Crippen LogP contribution in [0, 0.1) is 12.8 Å². The summed E-state index contributed by atoms with van der Waals surface area (Å²) in [7, 11) is 0. The minimum Gasteiger partial charge on any atom is -0.507 e. The first-order valence-corrected chi connectivity index (χ1v) is 7.95. The van der Waals surface area contributed by atoms with Crippen LogP contribution >= 0.6 is 0 Å². The van der Waals surface area contributed by atoms with Crippen LogP contribution in [0.2, 0.25) is 0 Å². The number of fused-ring (bicyclic) bond motifs is 5. The first-order valence-electron chi connectivity index (χ1n) is 7.95. The predicted molar refractivity (Wildman–Crippen MR) is 83.0 cm³/mol. The van der Waals surface area contributed by atoms with E-state index in [0.717, 1.165) is 41.9 Å². The maximum Gasteiger partial charge on any atom is 0.230 e. The molecular formula is C19H18O3. The fourth-order valence-electron chi connectivity index (χ4n) is 4.40. The van der Waals surface area contributed by atoms with E-state index in [9.17, 15) is 5.11 Å². The van der Waals surface area contributed by atoms with Crippen LogP contribution in [-0.4, -0.2) is 11.9 Å². The van der Waals surface area contributed by atoms with Gasteiger partial charge in [-0.05, 0) is 37.0 Å². The van der Waals surface area contributed by atoms with Gasteiger partial charge < -0.3 is 14.6 Å². The van der Waals surface area contributed by atoms with Crippen LogP contribution in [0.25, 0.3) is 6.08 Å². The van der Waals surface area contributed by atoms with Gasteiger partial charge in [0.15, 0.2) is 5.76 Å². The van der Waals surface area contributed by atoms with Gasteiger partial charge in [0.2, 0.25) is 6.79 Å². The molecule has 112 valence electrons. The number of phenols is 1. The molecule has 1 aromatic rings. The summed E-state index contributed by atoms with van der Waals surface area (Å²) >= 11 is 0. The summed E-state index contributed by atoms with van der Waals surface area (Å²) in [6, 6.07) is 4.15. The molecule has 0 saturated heterocycles. The topological polar surface area (TPSA) is 38.7 Å². The number of hydrogen-bond acceptors (Lipinski definition) is 3. The highest BCUT2D eigenvalue weighted by Gasteiger charge is 2.41. The molecule has 5 rings (SSSR count). The Morgan fingerprint density at radius 2 is 2.05 bits per heavy atom. The number of ether oxygens (including phenoxy) is 2. The maximum absolute atomic E-state index is 10.5. The fourth-order valence-corrected chi connectivity index (χ4v) is 4.40. The number of hydrogen-bond donors (Lipinski definition) is 1. The van der Waals surface area contributed by atoms with Crippen molar-refractivity contribution in [1.82, 2.24) is 0 Å². The number of benzene rings is 1. The van der Waals surface area contributed by atoms with Gasteiger partial charge in [0.05, 0.1) is 0 Å². The van der Waals surface area contributed by atoms with E-state index in [-0.39, 0.29) is 0 Å². The van der Waals surface area contributed by atoms with Crippen LogP contribution < -0.4 is 0 Å². The molecule has 1 heterocycles. The monoisotopic (exact) mass is 294 g/mol. The molecule has 2 atom stereocenters. The molecule has 0 amide bonds. The molecule has 1 aliphatic heterocycles. The van der Waals surface area contributed by atoms with Crippen molar-refractivity contribution in [3.05, 3.63) is 57.6 Å². The number of allylic oxidation sites excluding steroid dienone is 4. The Labute approximate surface area is 129 Å². The second kappa shape index (κ2) is 4.19. The second-order valence-corrected chi connectivity index (χ2v) is 6.64. The van der Waals surface area contributed by atoms with Crippen molar-refractivity contribution in [3.63, 3.8) is 0 Å². The van der Waals surface area contributed by atoms with Gasteiger partial charge in [-0.1, -0.05) is 29.4 Å². The van der Waals surface area contributed by atoms with Gasteiger partial charge in [-0.15, -0.1) is 0 Å². The average Bonchev–Trinajstić information content (AvgIpc) is 3.12. The summed E-state index contributed by atoms with van der Waals surface area (Å²) in [6.45, 7) is 2.33. The molecule has 2 unspecified atom stereocenters. The molecule has 4 aliphatic rings. The fraction of sp³-hybridized carbons (Fsp3) is 0.368. The molecule has 0 spiro atoms. The summed E-state index contributed by atoms with van der Waals surface area (Å²) < 4.78 is 11.1. The van der Waals surface area contributed by atoms with Gasteiger partial charge in [0.25, 0.3) is 0 Å². The van der Waals surface area contributed by atoms with E-state index in [1.807, 2.05) is 13.0 Å². The molecule has 0 aromatic heterocycles. The Balaban J connectivity index is 1.59. The summed E-state index contributed by atoms with van der Waals surface area (Å²) in [5, 5.41) is 10.5. The van der Waals surface area contributed by atoms with Gasteiger partial charge in [-0.3, -0.25) is 0 Å². The third-order valence-corrected chi connectivity index (χ3v) is 5.53. The minimum atomic E-state index is 0.351. The predicted octanol–water partition coefficient (Wildman–Crippen LogP) is 4.14. The van der Waals surface area contributed by atoms with Crippen molar-refractivity contribution < 1.29 is 14.6 Å². The molecule has 3 aliphatic carbocycles. The van der Waals surface area contributed by atoms with Crippen LogP contribution in [0.5, 0.6) is 5.75 Å². The Bertz CT molecular complexity index is 782. The van der Waals surface area contributed by atoms with Crippen LogP contribution in [0.15, 0.2) is 40.9 Å². The van der Waals surface area contributed by atoms with Gasteiger partial charge in [0.1, 0.15) is 11.5 Å².